The van der Waals surface area contributed by atoms with Crippen LogP contribution in [0.3, 0.4) is 0 Å². The molecule has 1 aliphatic heterocycles. The molecule has 1 heterocycles. The number of fused-ring (bicyclic) bond motifs is 3. The lowest BCUT2D eigenvalue weighted by atomic mass is 9.94. The SMILES string of the molecule is COCCOCC(=O)N[C@@H]1c2ccccc2[C@@H]2CN(CC(=O)N(C)C)C[C@H]12.O=C(O)C(F)(F)F. The molecule has 12 heteroatoms. The number of nitrogens with zero attached hydrogens (tertiary/aromatic N) is 2. The van der Waals surface area contributed by atoms with Crippen molar-refractivity contribution in [3.05, 3.63) is 35.4 Å². The molecule has 0 bridgehead atoms. The molecule has 0 aromatic heterocycles. The minimum Gasteiger partial charge on any atom is -0.475 e. The first-order valence-corrected chi connectivity index (χ1v) is 10.6. The predicted molar refractivity (Wildman–Crippen MR) is 115 cm³/mol. The van der Waals surface area contributed by atoms with Crippen LogP contribution in [0.1, 0.15) is 23.1 Å². The second-order valence-electron chi connectivity index (χ2n) is 8.27. The number of likely N-dealkylation sites (tertiary alicyclic amines) is 1. The second kappa shape index (κ2) is 12.1. The summed E-state index contributed by atoms with van der Waals surface area (Å²) in [6.07, 6.45) is -5.08. The molecule has 0 radical (unpaired) electrons. The fourth-order valence-electron chi connectivity index (χ4n) is 4.11. The number of nitrogens with one attached hydrogen (secondary N) is 1. The van der Waals surface area contributed by atoms with Crippen LogP contribution >= 0.6 is 0 Å². The summed E-state index contributed by atoms with van der Waals surface area (Å²) in [5.41, 5.74) is 2.48. The van der Waals surface area contributed by atoms with Crippen LogP contribution in [0.25, 0.3) is 0 Å². The molecule has 1 fully saturated rings. The van der Waals surface area contributed by atoms with Crippen molar-refractivity contribution in [3.63, 3.8) is 0 Å². The van der Waals surface area contributed by atoms with Gasteiger partial charge in [0.05, 0.1) is 25.8 Å². The summed E-state index contributed by atoms with van der Waals surface area (Å²) in [7, 11) is 5.16. The molecule has 3 rings (SSSR count). The van der Waals surface area contributed by atoms with Gasteiger partial charge in [-0.05, 0) is 11.1 Å². The van der Waals surface area contributed by atoms with Gasteiger partial charge in [-0.1, -0.05) is 24.3 Å². The second-order valence-corrected chi connectivity index (χ2v) is 8.27. The number of ether oxygens (including phenoxy) is 2. The van der Waals surface area contributed by atoms with Crippen molar-refractivity contribution in [2.45, 2.75) is 18.1 Å². The lowest BCUT2D eigenvalue weighted by Crippen LogP contribution is -2.38. The lowest BCUT2D eigenvalue weighted by molar-refractivity contribution is -0.192. The number of likely N-dealkylation sites (N-methyl/N-ethyl adjacent to an activating group) is 1. The quantitative estimate of drug-likeness (QED) is 0.530. The van der Waals surface area contributed by atoms with Crippen LogP contribution in [0, 0.1) is 5.92 Å². The van der Waals surface area contributed by atoms with Gasteiger partial charge in [0.2, 0.25) is 11.8 Å². The third kappa shape index (κ3) is 7.40. The summed E-state index contributed by atoms with van der Waals surface area (Å²) in [6.45, 7) is 2.97. The van der Waals surface area contributed by atoms with Crippen molar-refractivity contribution in [3.8, 4) is 0 Å². The van der Waals surface area contributed by atoms with Gasteiger partial charge in [-0.2, -0.15) is 13.2 Å². The minimum absolute atomic E-state index is 0.0300. The van der Waals surface area contributed by atoms with Gasteiger partial charge < -0.3 is 24.8 Å². The fourth-order valence-corrected chi connectivity index (χ4v) is 4.11. The number of methoxy groups -OCH3 is 1. The monoisotopic (exact) mass is 489 g/mol. The Bertz CT molecular complexity index is 865. The molecular weight excluding hydrogens is 459 g/mol. The molecule has 2 aliphatic rings. The Hall–Kier alpha value is -2.70. The number of alkyl halides is 3. The zero-order chi connectivity index (χ0) is 25.5. The molecule has 1 saturated heterocycles. The van der Waals surface area contributed by atoms with Crippen molar-refractivity contribution in [2.75, 3.05) is 60.7 Å². The van der Waals surface area contributed by atoms with Gasteiger partial charge in [-0.3, -0.25) is 14.5 Å². The van der Waals surface area contributed by atoms with E-state index in [1.165, 1.54) is 11.1 Å². The molecule has 1 aliphatic carbocycles. The van der Waals surface area contributed by atoms with Crippen LogP contribution in [-0.2, 0) is 23.9 Å². The summed E-state index contributed by atoms with van der Waals surface area (Å²) < 4.78 is 42.0. The zero-order valence-corrected chi connectivity index (χ0v) is 19.3. The van der Waals surface area contributed by atoms with Crippen LogP contribution in [0.15, 0.2) is 24.3 Å². The predicted octanol–water partition coefficient (Wildman–Crippen LogP) is 1.26. The Balaban J connectivity index is 0.000000509. The standard InChI is InChI=1S/C20H29N3O4.C2HF3O2/c1-22(2)19(25)12-23-10-16-14-6-4-5-7-15(14)20(17(16)11-23)21-18(24)13-27-9-8-26-3;3-2(4,5)1(6)7/h4-7,16-17,20H,8-13H2,1-3H3,(H,21,24);(H,6,7)/t16-,17-,20+;/m0./s1. The van der Waals surface area contributed by atoms with Crippen molar-refractivity contribution in [2.24, 2.45) is 5.92 Å². The van der Waals surface area contributed by atoms with E-state index in [2.05, 4.69) is 22.3 Å². The Morgan fingerprint density at radius 1 is 1.15 bits per heavy atom. The molecule has 0 unspecified atom stereocenters. The molecular formula is C22H30F3N3O6. The van der Waals surface area contributed by atoms with Gasteiger partial charge in [-0.25, -0.2) is 4.79 Å². The van der Waals surface area contributed by atoms with Gasteiger partial charge in [0.1, 0.15) is 6.61 Å². The van der Waals surface area contributed by atoms with E-state index in [9.17, 15) is 22.8 Å². The van der Waals surface area contributed by atoms with Gasteiger partial charge in [0.25, 0.3) is 0 Å². The van der Waals surface area contributed by atoms with Crippen molar-refractivity contribution >= 4 is 17.8 Å². The number of carboxylic acid groups (broad SMARTS) is 1. The van der Waals surface area contributed by atoms with Gasteiger partial charge in [0, 0.05) is 46.1 Å². The van der Waals surface area contributed by atoms with E-state index in [0.29, 0.717) is 25.7 Å². The highest BCUT2D eigenvalue weighted by molar-refractivity contribution is 5.78. The van der Waals surface area contributed by atoms with E-state index < -0.39 is 12.1 Å². The third-order valence-corrected chi connectivity index (χ3v) is 5.68. The highest BCUT2D eigenvalue weighted by Crippen LogP contribution is 2.49. The van der Waals surface area contributed by atoms with E-state index in [1.54, 1.807) is 26.1 Å². The number of carbonyl (C=O) groups excluding carboxylic acids is 2. The molecule has 0 spiro atoms. The summed E-state index contributed by atoms with van der Waals surface area (Å²) in [4.78, 5) is 37.2. The van der Waals surface area contributed by atoms with E-state index in [4.69, 9.17) is 19.4 Å². The van der Waals surface area contributed by atoms with Crippen LogP contribution < -0.4 is 5.32 Å². The van der Waals surface area contributed by atoms with E-state index in [-0.39, 0.29) is 30.4 Å². The number of hydrogen-bond donors (Lipinski definition) is 2. The lowest BCUT2D eigenvalue weighted by Gasteiger charge is -2.23. The maximum atomic E-state index is 12.4. The topological polar surface area (TPSA) is 108 Å². The van der Waals surface area contributed by atoms with Gasteiger partial charge in [-0.15, -0.1) is 0 Å². The van der Waals surface area contributed by atoms with Crippen molar-refractivity contribution in [1.29, 1.82) is 0 Å². The number of halogens is 3. The Labute approximate surface area is 195 Å². The summed E-state index contributed by atoms with van der Waals surface area (Å²) in [6, 6.07) is 8.26. The first-order chi connectivity index (χ1) is 16.0. The van der Waals surface area contributed by atoms with E-state index in [1.807, 2.05) is 12.1 Å². The number of amides is 2. The third-order valence-electron chi connectivity index (χ3n) is 5.68. The molecule has 2 N–H and O–H groups in total. The Morgan fingerprint density at radius 2 is 1.76 bits per heavy atom. The van der Waals surface area contributed by atoms with Gasteiger partial charge in [0.15, 0.2) is 0 Å². The molecule has 0 saturated carbocycles. The number of aliphatic carboxylic acids is 1. The molecule has 190 valence electrons. The Morgan fingerprint density at radius 3 is 2.32 bits per heavy atom. The van der Waals surface area contributed by atoms with Crippen LogP contribution in [0.4, 0.5) is 13.2 Å². The number of carbonyl (C=O) groups is 3. The molecule has 3 atom stereocenters. The maximum Gasteiger partial charge on any atom is 0.490 e. The molecule has 9 nitrogen and oxygen atoms in total. The average molecular weight is 489 g/mol. The minimum atomic E-state index is -5.08. The highest BCUT2D eigenvalue weighted by atomic mass is 19.4. The van der Waals surface area contributed by atoms with Crippen molar-refractivity contribution < 1.29 is 42.1 Å². The number of rotatable bonds is 8. The molecule has 34 heavy (non-hydrogen) atoms. The number of benzene rings is 1. The Kier molecular flexibility index (Phi) is 9.83. The van der Waals surface area contributed by atoms with Gasteiger partial charge >= 0.3 is 12.1 Å². The smallest absolute Gasteiger partial charge is 0.475 e. The van der Waals surface area contributed by atoms with Crippen LogP contribution in [0.5, 0.6) is 0 Å². The van der Waals surface area contributed by atoms with Crippen molar-refractivity contribution in [1.82, 2.24) is 15.1 Å². The zero-order valence-electron chi connectivity index (χ0n) is 19.3. The molecule has 2 amide bonds. The number of hydrogen-bond acceptors (Lipinski definition) is 6. The molecule has 1 aromatic rings. The summed E-state index contributed by atoms with van der Waals surface area (Å²) >= 11 is 0. The normalized spacial score (nSPS) is 21.2. The maximum absolute atomic E-state index is 12.4. The first kappa shape index (κ1) is 27.5. The highest BCUT2D eigenvalue weighted by Gasteiger charge is 2.46. The van der Waals surface area contributed by atoms with Crippen LogP contribution in [0.2, 0.25) is 0 Å². The average Bonchev–Trinajstić information content (AvgIpc) is 3.29. The van der Waals surface area contributed by atoms with Crippen LogP contribution in [-0.4, -0.2) is 99.5 Å². The largest absolute Gasteiger partial charge is 0.490 e. The fraction of sp³-hybridized carbons (Fsp3) is 0.591. The van der Waals surface area contributed by atoms with E-state index in [0.717, 1.165) is 13.1 Å². The first-order valence-electron chi connectivity index (χ1n) is 10.6. The van der Waals surface area contributed by atoms with E-state index >= 15 is 0 Å². The summed E-state index contributed by atoms with van der Waals surface area (Å²) in [5, 5.41) is 10.3. The molecule has 1 aromatic carbocycles. The summed E-state index contributed by atoms with van der Waals surface area (Å²) in [5.74, 6) is -2.14. The number of carboxylic acids is 1.